The van der Waals surface area contributed by atoms with Crippen LogP contribution < -0.4 is 10.6 Å². The Morgan fingerprint density at radius 3 is 2.48 bits per heavy atom. The van der Waals surface area contributed by atoms with Gasteiger partial charge in [0, 0.05) is 44.2 Å². The number of aromatic nitrogens is 1. The summed E-state index contributed by atoms with van der Waals surface area (Å²) < 4.78 is 0. The van der Waals surface area contributed by atoms with Gasteiger partial charge in [-0.3, -0.25) is 9.89 Å². The molecule has 0 spiro atoms. The van der Waals surface area contributed by atoms with Crippen molar-refractivity contribution in [1.82, 2.24) is 20.5 Å². The highest BCUT2D eigenvalue weighted by Crippen LogP contribution is 2.13. The van der Waals surface area contributed by atoms with E-state index in [1.165, 1.54) is 21.0 Å². The van der Waals surface area contributed by atoms with Crippen LogP contribution in [0.2, 0.25) is 0 Å². The van der Waals surface area contributed by atoms with Gasteiger partial charge in [0.05, 0.1) is 5.01 Å². The molecule has 0 aliphatic rings. The van der Waals surface area contributed by atoms with Gasteiger partial charge in [-0.05, 0) is 30.6 Å². The molecule has 148 valence electrons. The van der Waals surface area contributed by atoms with E-state index in [0.717, 1.165) is 51.5 Å². The van der Waals surface area contributed by atoms with Crippen LogP contribution in [0.5, 0.6) is 0 Å². The van der Waals surface area contributed by atoms with Crippen LogP contribution in [0.15, 0.2) is 35.5 Å². The first kappa shape index (κ1) is 21.4. The van der Waals surface area contributed by atoms with Crippen molar-refractivity contribution in [1.29, 1.82) is 0 Å². The lowest BCUT2D eigenvalue weighted by atomic mass is 10.1. The summed E-state index contributed by atoms with van der Waals surface area (Å²) in [6.45, 7) is 11.3. The minimum absolute atomic E-state index is 0.772. The molecule has 0 bridgehead atoms. The lowest BCUT2D eigenvalue weighted by Gasteiger charge is -2.20. The molecular formula is C21H33N5S. The van der Waals surface area contributed by atoms with Crippen molar-refractivity contribution < 1.29 is 0 Å². The van der Waals surface area contributed by atoms with Gasteiger partial charge in [0.2, 0.25) is 0 Å². The van der Waals surface area contributed by atoms with Crippen molar-refractivity contribution in [2.75, 3.05) is 26.7 Å². The molecule has 0 saturated heterocycles. The Morgan fingerprint density at radius 1 is 1.11 bits per heavy atom. The predicted molar refractivity (Wildman–Crippen MR) is 116 cm³/mol. The van der Waals surface area contributed by atoms with Crippen LogP contribution in [0, 0.1) is 0 Å². The quantitative estimate of drug-likeness (QED) is 0.484. The zero-order valence-corrected chi connectivity index (χ0v) is 17.9. The van der Waals surface area contributed by atoms with Gasteiger partial charge in [-0.15, -0.1) is 11.3 Å². The lowest BCUT2D eigenvalue weighted by Crippen LogP contribution is -2.38. The fraction of sp³-hybridized carbons (Fsp3) is 0.524. The molecule has 0 aliphatic heterocycles. The second-order valence-electron chi connectivity index (χ2n) is 6.41. The van der Waals surface area contributed by atoms with Crippen LogP contribution in [0.4, 0.5) is 0 Å². The number of thiazole rings is 1. The zero-order valence-electron chi connectivity index (χ0n) is 17.1. The molecule has 2 rings (SSSR count). The number of guanidine groups is 1. The van der Waals surface area contributed by atoms with E-state index in [4.69, 9.17) is 0 Å². The van der Waals surface area contributed by atoms with Gasteiger partial charge in [0.15, 0.2) is 5.96 Å². The molecular weight excluding hydrogens is 354 g/mol. The molecule has 6 heteroatoms. The van der Waals surface area contributed by atoms with Crippen LogP contribution in [0.3, 0.4) is 0 Å². The Morgan fingerprint density at radius 2 is 1.85 bits per heavy atom. The standard InChI is InChI=1S/C21H33N5S/c1-5-19-15-24-20(27-19)12-13-23-21(22-4)25-14-17-10-8-9-11-18(17)16-26(6-2)7-3/h8-11,15H,5-7,12-14,16H2,1-4H3,(H2,22,23,25). The molecule has 0 radical (unpaired) electrons. The third kappa shape index (κ3) is 6.96. The van der Waals surface area contributed by atoms with E-state index in [9.17, 15) is 0 Å². The maximum Gasteiger partial charge on any atom is 0.191 e. The third-order valence-corrected chi connectivity index (χ3v) is 5.86. The molecule has 0 saturated carbocycles. The normalized spacial score (nSPS) is 11.8. The molecule has 2 N–H and O–H groups in total. The van der Waals surface area contributed by atoms with Crippen molar-refractivity contribution >= 4 is 17.3 Å². The number of rotatable bonds is 10. The topological polar surface area (TPSA) is 52.6 Å². The van der Waals surface area contributed by atoms with Crippen LogP contribution in [-0.4, -0.2) is 42.5 Å². The van der Waals surface area contributed by atoms with Crippen LogP contribution in [0.1, 0.15) is 41.8 Å². The van der Waals surface area contributed by atoms with Crippen molar-refractivity contribution in [2.45, 2.75) is 46.7 Å². The zero-order chi connectivity index (χ0) is 19.5. The molecule has 0 atom stereocenters. The summed E-state index contributed by atoms with van der Waals surface area (Å²) in [5.74, 6) is 0.833. The number of benzene rings is 1. The molecule has 0 aliphatic carbocycles. The van der Waals surface area contributed by atoms with E-state index in [0.29, 0.717) is 0 Å². The van der Waals surface area contributed by atoms with Gasteiger partial charge in [-0.25, -0.2) is 4.98 Å². The maximum absolute atomic E-state index is 4.47. The van der Waals surface area contributed by atoms with Gasteiger partial charge in [-0.2, -0.15) is 0 Å². The summed E-state index contributed by atoms with van der Waals surface area (Å²) in [4.78, 5) is 12.6. The van der Waals surface area contributed by atoms with E-state index in [1.54, 1.807) is 11.3 Å². The highest BCUT2D eigenvalue weighted by molar-refractivity contribution is 7.11. The Bertz CT molecular complexity index is 706. The fourth-order valence-corrected chi connectivity index (χ4v) is 3.75. The van der Waals surface area contributed by atoms with Gasteiger partial charge in [0.1, 0.15) is 0 Å². The van der Waals surface area contributed by atoms with Crippen LogP contribution >= 0.6 is 11.3 Å². The monoisotopic (exact) mass is 387 g/mol. The van der Waals surface area contributed by atoms with Crippen molar-refractivity contribution in [3.05, 3.63) is 51.5 Å². The van der Waals surface area contributed by atoms with Gasteiger partial charge < -0.3 is 10.6 Å². The summed E-state index contributed by atoms with van der Waals surface area (Å²) >= 11 is 1.80. The van der Waals surface area contributed by atoms with E-state index >= 15 is 0 Å². The minimum Gasteiger partial charge on any atom is -0.356 e. The Balaban J connectivity index is 1.85. The molecule has 27 heavy (non-hydrogen) atoms. The molecule has 2 aromatic rings. The second-order valence-corrected chi connectivity index (χ2v) is 7.61. The van der Waals surface area contributed by atoms with Crippen molar-refractivity contribution in [2.24, 2.45) is 4.99 Å². The average Bonchev–Trinajstić information content (AvgIpc) is 3.17. The van der Waals surface area contributed by atoms with Gasteiger partial charge in [0.25, 0.3) is 0 Å². The number of aryl methyl sites for hydroxylation is 1. The molecule has 0 unspecified atom stereocenters. The molecule has 1 heterocycles. The predicted octanol–water partition coefficient (Wildman–Crippen LogP) is 3.46. The van der Waals surface area contributed by atoms with Gasteiger partial charge in [-0.1, -0.05) is 45.0 Å². The summed E-state index contributed by atoms with van der Waals surface area (Å²) in [6, 6.07) is 8.64. The number of hydrogen-bond acceptors (Lipinski definition) is 4. The molecule has 0 fully saturated rings. The number of hydrogen-bond donors (Lipinski definition) is 2. The van der Waals surface area contributed by atoms with E-state index < -0.39 is 0 Å². The van der Waals surface area contributed by atoms with E-state index in [1.807, 2.05) is 13.2 Å². The number of aliphatic imine (C=N–C) groups is 1. The highest BCUT2D eigenvalue weighted by Gasteiger charge is 2.07. The first-order valence-electron chi connectivity index (χ1n) is 9.87. The number of nitrogens with zero attached hydrogens (tertiary/aromatic N) is 3. The summed E-state index contributed by atoms with van der Waals surface area (Å²) in [6.07, 6.45) is 3.96. The number of nitrogens with one attached hydrogen (secondary N) is 2. The Kier molecular flexibility index (Phi) is 9.28. The summed E-state index contributed by atoms with van der Waals surface area (Å²) in [7, 11) is 1.82. The summed E-state index contributed by atoms with van der Waals surface area (Å²) in [5, 5.41) is 8.01. The van der Waals surface area contributed by atoms with Crippen LogP contribution in [0.25, 0.3) is 0 Å². The van der Waals surface area contributed by atoms with Crippen LogP contribution in [-0.2, 0) is 25.9 Å². The fourth-order valence-electron chi connectivity index (χ4n) is 2.89. The third-order valence-electron chi connectivity index (χ3n) is 4.66. The smallest absolute Gasteiger partial charge is 0.191 e. The Hall–Kier alpha value is -1.92. The first-order valence-corrected chi connectivity index (χ1v) is 10.7. The molecule has 5 nitrogen and oxygen atoms in total. The Labute approximate surface area is 167 Å². The first-order chi connectivity index (χ1) is 13.2. The molecule has 1 aromatic heterocycles. The molecule has 1 aromatic carbocycles. The molecule has 0 amide bonds. The van der Waals surface area contributed by atoms with Crippen molar-refractivity contribution in [3.8, 4) is 0 Å². The van der Waals surface area contributed by atoms with E-state index in [-0.39, 0.29) is 0 Å². The average molecular weight is 388 g/mol. The SMILES string of the molecule is CCc1cnc(CCNC(=NC)NCc2ccccc2CN(CC)CC)s1. The van der Waals surface area contributed by atoms with Crippen molar-refractivity contribution in [3.63, 3.8) is 0 Å². The summed E-state index contributed by atoms with van der Waals surface area (Å²) in [5.41, 5.74) is 2.69. The van der Waals surface area contributed by atoms with Gasteiger partial charge >= 0.3 is 0 Å². The lowest BCUT2D eigenvalue weighted by molar-refractivity contribution is 0.295. The largest absolute Gasteiger partial charge is 0.356 e. The highest BCUT2D eigenvalue weighted by atomic mass is 32.1. The second kappa shape index (κ2) is 11.7. The maximum atomic E-state index is 4.47. The van der Waals surface area contributed by atoms with E-state index in [2.05, 4.69) is 70.5 Å². The minimum atomic E-state index is 0.772.